The van der Waals surface area contributed by atoms with Crippen LogP contribution in [0.3, 0.4) is 0 Å². The van der Waals surface area contributed by atoms with Crippen molar-refractivity contribution in [2.75, 3.05) is 0 Å². The van der Waals surface area contributed by atoms with Gasteiger partial charge >= 0.3 is 0 Å². The van der Waals surface area contributed by atoms with Gasteiger partial charge in [-0.05, 0) is 72.2 Å². The van der Waals surface area contributed by atoms with Crippen molar-refractivity contribution in [1.82, 2.24) is 4.72 Å². The second-order valence-electron chi connectivity index (χ2n) is 9.26. The normalized spacial score (nSPS) is 18.1. The molecule has 0 saturated heterocycles. The summed E-state index contributed by atoms with van der Waals surface area (Å²) in [5.74, 6) is -1.68. The van der Waals surface area contributed by atoms with Crippen LogP contribution < -0.4 is 4.72 Å². The second-order valence-corrected chi connectivity index (χ2v) is 11.1. The van der Waals surface area contributed by atoms with Crippen LogP contribution in [-0.4, -0.2) is 21.1 Å². The second kappa shape index (κ2) is 8.41. The number of benzene rings is 2. The van der Waals surface area contributed by atoms with Crippen LogP contribution in [0.15, 0.2) is 39.6 Å². The first kappa shape index (κ1) is 24.1. The SMILES string of the molecule is CC(C)c1cc(F)cc(C(C)C)c1CC(=O)N=S1(=O)NC(=O)c2ccc(C(C)(C)O)cc21. The van der Waals surface area contributed by atoms with Gasteiger partial charge in [-0.1, -0.05) is 33.8 Å². The van der Waals surface area contributed by atoms with Crippen LogP contribution in [0.25, 0.3) is 0 Å². The number of nitrogens with zero attached hydrogens (tertiary/aromatic N) is 1. The highest BCUT2D eigenvalue weighted by atomic mass is 32.2. The molecule has 2 aromatic rings. The first-order valence-electron chi connectivity index (χ1n) is 10.5. The van der Waals surface area contributed by atoms with E-state index >= 15 is 0 Å². The number of amides is 2. The van der Waals surface area contributed by atoms with Gasteiger partial charge in [0.15, 0.2) is 9.92 Å². The molecule has 172 valence electrons. The number of hydrogen-bond donors (Lipinski definition) is 2. The Balaban J connectivity index is 2.08. The minimum Gasteiger partial charge on any atom is -0.386 e. The molecule has 0 spiro atoms. The third kappa shape index (κ3) is 4.61. The molecule has 0 aromatic heterocycles. The molecule has 1 atom stereocenters. The van der Waals surface area contributed by atoms with Crippen LogP contribution >= 0.6 is 0 Å². The standard InChI is InChI=1S/C24H29FN2O4S/c1-13(2)18-10-16(25)11-19(14(3)4)20(18)12-22(28)26-32(31)21-9-15(24(5,6)30)7-8-17(21)23(29)27-32/h7-11,13-14,30H,12H2,1-6H3,(H,26,27,28,29,31). The van der Waals surface area contributed by atoms with E-state index in [9.17, 15) is 23.3 Å². The summed E-state index contributed by atoms with van der Waals surface area (Å²) in [6.07, 6.45) is -0.158. The molecule has 1 aliphatic rings. The molecule has 3 rings (SSSR count). The van der Waals surface area contributed by atoms with Gasteiger partial charge in [0.1, 0.15) is 5.82 Å². The molecule has 2 N–H and O–H groups in total. The Kier molecular flexibility index (Phi) is 6.32. The molecule has 1 heterocycles. The van der Waals surface area contributed by atoms with E-state index in [1.807, 2.05) is 27.7 Å². The minimum atomic E-state index is -3.55. The number of rotatable bonds is 5. The molecular weight excluding hydrogens is 431 g/mol. The number of halogens is 1. The van der Waals surface area contributed by atoms with E-state index in [0.29, 0.717) is 22.3 Å². The Morgan fingerprint density at radius 3 is 2.19 bits per heavy atom. The summed E-state index contributed by atoms with van der Waals surface area (Å²) in [5, 5.41) is 10.3. The van der Waals surface area contributed by atoms with Crippen molar-refractivity contribution in [3.05, 3.63) is 64.0 Å². The molecule has 0 fully saturated rings. The molecule has 0 bridgehead atoms. The number of nitrogens with one attached hydrogen (secondary N) is 1. The highest BCUT2D eigenvalue weighted by molar-refractivity contribution is 7.93. The summed E-state index contributed by atoms with van der Waals surface area (Å²) < 4.78 is 34.0. The van der Waals surface area contributed by atoms with Crippen molar-refractivity contribution in [3.63, 3.8) is 0 Å². The van der Waals surface area contributed by atoms with Gasteiger partial charge in [-0.25, -0.2) is 8.60 Å². The lowest BCUT2D eigenvalue weighted by Crippen LogP contribution is -2.23. The zero-order chi connectivity index (χ0) is 24.0. The van der Waals surface area contributed by atoms with Gasteiger partial charge in [0.05, 0.1) is 22.5 Å². The van der Waals surface area contributed by atoms with E-state index in [-0.39, 0.29) is 34.5 Å². The van der Waals surface area contributed by atoms with Gasteiger partial charge in [0.2, 0.25) is 0 Å². The Hall–Kier alpha value is -2.58. The van der Waals surface area contributed by atoms with E-state index in [1.165, 1.54) is 24.3 Å². The molecule has 1 unspecified atom stereocenters. The maximum Gasteiger partial charge on any atom is 0.265 e. The molecule has 0 saturated carbocycles. The highest BCUT2D eigenvalue weighted by Gasteiger charge is 2.34. The molecule has 0 aliphatic carbocycles. The summed E-state index contributed by atoms with van der Waals surface area (Å²) in [5.41, 5.74) is 1.46. The molecule has 1 aliphatic heterocycles. The summed E-state index contributed by atoms with van der Waals surface area (Å²) in [7, 11) is -3.55. The lowest BCUT2D eigenvalue weighted by atomic mass is 9.87. The Bertz CT molecular complexity index is 1190. The lowest BCUT2D eigenvalue weighted by molar-refractivity contribution is -0.117. The predicted molar refractivity (Wildman–Crippen MR) is 121 cm³/mol. The molecule has 0 radical (unpaired) electrons. The molecule has 32 heavy (non-hydrogen) atoms. The molecule has 2 aromatic carbocycles. The zero-order valence-corrected chi connectivity index (χ0v) is 20.0. The monoisotopic (exact) mass is 460 g/mol. The lowest BCUT2D eigenvalue weighted by Gasteiger charge is -2.19. The van der Waals surface area contributed by atoms with Crippen molar-refractivity contribution in [1.29, 1.82) is 0 Å². The van der Waals surface area contributed by atoms with Gasteiger partial charge < -0.3 is 5.11 Å². The molecule has 6 nitrogen and oxygen atoms in total. The first-order chi connectivity index (χ1) is 14.7. The number of aliphatic hydroxyl groups is 1. The number of carbonyl (C=O) groups is 2. The van der Waals surface area contributed by atoms with E-state index < -0.39 is 27.3 Å². The van der Waals surface area contributed by atoms with Crippen LogP contribution in [0.4, 0.5) is 4.39 Å². The van der Waals surface area contributed by atoms with Crippen molar-refractivity contribution < 1.29 is 23.3 Å². The third-order valence-electron chi connectivity index (χ3n) is 5.55. The van der Waals surface area contributed by atoms with Crippen LogP contribution in [-0.2, 0) is 26.7 Å². The Morgan fingerprint density at radius 2 is 1.69 bits per heavy atom. The van der Waals surface area contributed by atoms with Gasteiger partial charge in [-0.2, -0.15) is 0 Å². The van der Waals surface area contributed by atoms with Crippen molar-refractivity contribution in [2.45, 2.75) is 70.3 Å². The van der Waals surface area contributed by atoms with E-state index in [0.717, 1.165) is 0 Å². The molecule has 2 amide bonds. The van der Waals surface area contributed by atoms with Gasteiger partial charge in [0.25, 0.3) is 11.8 Å². The summed E-state index contributed by atoms with van der Waals surface area (Å²) in [6, 6.07) is 7.33. The van der Waals surface area contributed by atoms with Crippen LogP contribution in [0.1, 0.15) is 86.0 Å². The minimum absolute atomic E-state index is 0.0270. The fourth-order valence-electron chi connectivity index (χ4n) is 3.87. The van der Waals surface area contributed by atoms with Gasteiger partial charge in [-0.15, -0.1) is 4.36 Å². The maximum atomic E-state index is 14.2. The van der Waals surface area contributed by atoms with Crippen LogP contribution in [0.5, 0.6) is 0 Å². The largest absolute Gasteiger partial charge is 0.386 e. The summed E-state index contributed by atoms with van der Waals surface area (Å²) in [6.45, 7) is 10.8. The maximum absolute atomic E-state index is 14.2. The number of hydrogen-bond acceptors (Lipinski definition) is 4. The smallest absolute Gasteiger partial charge is 0.265 e. The molecule has 8 heteroatoms. The summed E-state index contributed by atoms with van der Waals surface area (Å²) >= 11 is 0. The number of carbonyl (C=O) groups excluding carboxylic acids is 2. The third-order valence-corrected chi connectivity index (χ3v) is 7.40. The fourth-order valence-corrected chi connectivity index (χ4v) is 5.58. The highest BCUT2D eigenvalue weighted by Crippen LogP contribution is 2.32. The Labute approximate surface area is 188 Å². The van der Waals surface area contributed by atoms with Crippen molar-refractivity contribution >= 4 is 21.7 Å². The molecular formula is C24H29FN2O4S. The van der Waals surface area contributed by atoms with Crippen molar-refractivity contribution in [3.8, 4) is 0 Å². The van der Waals surface area contributed by atoms with Gasteiger partial charge in [0, 0.05) is 0 Å². The predicted octanol–water partition coefficient (Wildman–Crippen LogP) is 4.55. The fraction of sp³-hybridized carbons (Fsp3) is 0.417. The number of fused-ring (bicyclic) bond motifs is 1. The summed E-state index contributed by atoms with van der Waals surface area (Å²) in [4.78, 5) is 25.4. The zero-order valence-electron chi connectivity index (χ0n) is 19.2. The average Bonchev–Trinajstić information content (AvgIpc) is 2.91. The van der Waals surface area contributed by atoms with E-state index in [2.05, 4.69) is 9.08 Å². The van der Waals surface area contributed by atoms with E-state index in [1.54, 1.807) is 19.9 Å². The van der Waals surface area contributed by atoms with Crippen molar-refractivity contribution in [2.24, 2.45) is 4.36 Å². The Morgan fingerprint density at radius 1 is 1.12 bits per heavy atom. The average molecular weight is 461 g/mol. The van der Waals surface area contributed by atoms with E-state index in [4.69, 9.17) is 0 Å². The topological polar surface area (TPSA) is 95.8 Å². The van der Waals surface area contributed by atoms with Gasteiger partial charge in [-0.3, -0.25) is 14.3 Å². The van der Waals surface area contributed by atoms with Crippen LogP contribution in [0, 0.1) is 5.82 Å². The quantitative estimate of drug-likeness (QED) is 0.684. The first-order valence-corrected chi connectivity index (χ1v) is 12.1. The van der Waals surface area contributed by atoms with Crippen LogP contribution in [0.2, 0.25) is 0 Å².